The zero-order valence-corrected chi connectivity index (χ0v) is 20.5. The summed E-state index contributed by atoms with van der Waals surface area (Å²) < 4.78 is 5.68. The Balaban J connectivity index is 1.46. The summed E-state index contributed by atoms with van der Waals surface area (Å²) in [5.74, 6) is 0.236. The zero-order valence-electron chi connectivity index (χ0n) is 20.5. The number of ether oxygens (including phenoxy) is 1. The molecule has 0 spiro atoms. The molecule has 2 unspecified atom stereocenters. The molecule has 1 aliphatic rings. The second-order valence-corrected chi connectivity index (χ2v) is 9.27. The molecular formula is C27H35N3O4. The first-order valence-electron chi connectivity index (χ1n) is 12.0. The van der Waals surface area contributed by atoms with Gasteiger partial charge < -0.3 is 20.3 Å². The van der Waals surface area contributed by atoms with E-state index >= 15 is 0 Å². The maximum atomic E-state index is 12.6. The fourth-order valence-corrected chi connectivity index (χ4v) is 4.11. The van der Waals surface area contributed by atoms with Gasteiger partial charge in [-0.15, -0.1) is 0 Å². The van der Waals surface area contributed by atoms with E-state index in [9.17, 15) is 14.4 Å². The lowest BCUT2D eigenvalue weighted by Crippen LogP contribution is -2.49. The third kappa shape index (κ3) is 6.83. The van der Waals surface area contributed by atoms with Gasteiger partial charge >= 0.3 is 0 Å². The minimum absolute atomic E-state index is 0.00342. The van der Waals surface area contributed by atoms with Gasteiger partial charge in [-0.05, 0) is 75.1 Å². The SMILES string of the molecule is CC(C)C(=O)Nc1ccc(CNC(=O)c2ccc(OCC(=O)N3C(C)CCCC3C)cc2)cc1. The highest BCUT2D eigenvalue weighted by Gasteiger charge is 2.29. The lowest BCUT2D eigenvalue weighted by atomic mass is 9.97. The molecule has 1 saturated heterocycles. The van der Waals surface area contributed by atoms with Crippen LogP contribution in [0.25, 0.3) is 0 Å². The molecule has 1 heterocycles. The largest absolute Gasteiger partial charge is 0.484 e. The van der Waals surface area contributed by atoms with Crippen LogP contribution < -0.4 is 15.4 Å². The van der Waals surface area contributed by atoms with Crippen LogP contribution in [0.2, 0.25) is 0 Å². The van der Waals surface area contributed by atoms with Crippen LogP contribution in [0, 0.1) is 5.92 Å². The van der Waals surface area contributed by atoms with Crippen LogP contribution in [0.4, 0.5) is 5.69 Å². The van der Waals surface area contributed by atoms with Crippen LogP contribution in [0.1, 0.15) is 62.9 Å². The number of nitrogens with one attached hydrogen (secondary N) is 2. The van der Waals surface area contributed by atoms with Gasteiger partial charge in [-0.1, -0.05) is 26.0 Å². The van der Waals surface area contributed by atoms with E-state index in [1.165, 1.54) is 0 Å². The van der Waals surface area contributed by atoms with E-state index in [2.05, 4.69) is 24.5 Å². The minimum atomic E-state index is -0.198. The molecule has 34 heavy (non-hydrogen) atoms. The predicted octanol–water partition coefficient (Wildman–Crippen LogP) is 4.38. The molecule has 1 fully saturated rings. The average Bonchev–Trinajstić information content (AvgIpc) is 2.82. The molecule has 7 heteroatoms. The lowest BCUT2D eigenvalue weighted by Gasteiger charge is -2.38. The maximum absolute atomic E-state index is 12.6. The van der Waals surface area contributed by atoms with Gasteiger partial charge in [0.05, 0.1) is 0 Å². The number of hydrogen-bond acceptors (Lipinski definition) is 4. The molecule has 2 aromatic rings. The number of carbonyl (C=O) groups excluding carboxylic acids is 3. The number of amides is 3. The van der Waals surface area contributed by atoms with E-state index in [-0.39, 0.29) is 42.3 Å². The van der Waals surface area contributed by atoms with Gasteiger partial charge in [0.2, 0.25) is 5.91 Å². The summed E-state index contributed by atoms with van der Waals surface area (Å²) in [7, 11) is 0. The second-order valence-electron chi connectivity index (χ2n) is 9.27. The van der Waals surface area contributed by atoms with E-state index < -0.39 is 0 Å². The predicted molar refractivity (Wildman–Crippen MR) is 133 cm³/mol. The molecule has 0 aliphatic carbocycles. The van der Waals surface area contributed by atoms with Gasteiger partial charge in [0.1, 0.15) is 5.75 Å². The van der Waals surface area contributed by atoms with E-state index in [0.717, 1.165) is 30.5 Å². The van der Waals surface area contributed by atoms with E-state index in [4.69, 9.17) is 4.74 Å². The van der Waals surface area contributed by atoms with Gasteiger partial charge in [0.15, 0.2) is 6.61 Å². The van der Waals surface area contributed by atoms with Crippen molar-refractivity contribution in [3.63, 3.8) is 0 Å². The molecule has 3 amide bonds. The van der Waals surface area contributed by atoms with Crippen molar-refractivity contribution in [1.29, 1.82) is 0 Å². The topological polar surface area (TPSA) is 87.7 Å². The Bertz CT molecular complexity index is 976. The summed E-state index contributed by atoms with van der Waals surface area (Å²) in [6, 6.07) is 14.6. The number of piperidine rings is 1. The monoisotopic (exact) mass is 465 g/mol. The fourth-order valence-electron chi connectivity index (χ4n) is 4.11. The van der Waals surface area contributed by atoms with Crippen LogP contribution in [-0.2, 0) is 16.1 Å². The van der Waals surface area contributed by atoms with E-state index in [1.807, 2.05) is 43.0 Å². The molecule has 0 bridgehead atoms. The summed E-state index contributed by atoms with van der Waals surface area (Å²) in [6.07, 6.45) is 3.20. The first-order chi connectivity index (χ1) is 16.2. The number of benzene rings is 2. The van der Waals surface area contributed by atoms with Crippen LogP contribution in [0.15, 0.2) is 48.5 Å². The number of hydrogen-bond donors (Lipinski definition) is 2. The summed E-state index contributed by atoms with van der Waals surface area (Å²) in [4.78, 5) is 38.8. The molecule has 7 nitrogen and oxygen atoms in total. The summed E-state index contributed by atoms with van der Waals surface area (Å²) in [6.45, 7) is 8.21. The van der Waals surface area contributed by atoms with Gasteiger partial charge in [-0.2, -0.15) is 0 Å². The molecule has 2 aromatic carbocycles. The van der Waals surface area contributed by atoms with Crippen LogP contribution in [-0.4, -0.2) is 41.3 Å². The summed E-state index contributed by atoms with van der Waals surface area (Å²) in [5, 5.41) is 5.73. The first kappa shape index (κ1) is 25.3. The standard InChI is InChI=1S/C27H35N3O4/c1-18(2)26(32)29-23-12-8-21(9-13-23)16-28-27(33)22-10-14-24(15-11-22)34-17-25(31)30-19(3)6-5-7-20(30)4/h8-15,18-20H,5-7,16-17H2,1-4H3,(H,28,33)(H,29,32). The fraction of sp³-hybridized carbons (Fsp3) is 0.444. The van der Waals surface area contributed by atoms with Gasteiger partial charge in [0.25, 0.3) is 11.8 Å². The Morgan fingerprint density at radius 1 is 0.971 bits per heavy atom. The highest BCUT2D eigenvalue weighted by atomic mass is 16.5. The quantitative estimate of drug-likeness (QED) is 0.606. The van der Waals surface area contributed by atoms with Crippen molar-refractivity contribution in [3.8, 4) is 5.75 Å². The molecule has 2 N–H and O–H groups in total. The minimum Gasteiger partial charge on any atom is -0.484 e. The van der Waals surface area contributed by atoms with Gasteiger partial charge in [0, 0.05) is 35.8 Å². The molecule has 182 valence electrons. The zero-order chi connectivity index (χ0) is 24.7. The van der Waals surface area contributed by atoms with E-state index in [1.54, 1.807) is 24.3 Å². The number of likely N-dealkylation sites (tertiary alicyclic amines) is 1. The Hall–Kier alpha value is -3.35. The van der Waals surface area contributed by atoms with Gasteiger partial charge in [-0.25, -0.2) is 0 Å². The third-order valence-corrected chi connectivity index (χ3v) is 6.16. The lowest BCUT2D eigenvalue weighted by molar-refractivity contribution is -0.139. The Kier molecular flexibility index (Phi) is 8.68. The van der Waals surface area contributed by atoms with Crippen LogP contribution in [0.3, 0.4) is 0 Å². The summed E-state index contributed by atoms with van der Waals surface area (Å²) in [5.41, 5.74) is 2.17. The molecule has 1 aliphatic heterocycles. The van der Waals surface area contributed by atoms with Gasteiger partial charge in [-0.3, -0.25) is 14.4 Å². The van der Waals surface area contributed by atoms with Crippen LogP contribution in [0.5, 0.6) is 5.75 Å². The average molecular weight is 466 g/mol. The van der Waals surface area contributed by atoms with Crippen molar-refractivity contribution < 1.29 is 19.1 Å². The molecule has 3 rings (SSSR count). The third-order valence-electron chi connectivity index (χ3n) is 6.16. The molecule has 2 atom stereocenters. The van der Waals surface area contributed by atoms with E-state index in [0.29, 0.717) is 17.9 Å². The highest BCUT2D eigenvalue weighted by Crippen LogP contribution is 2.23. The second kappa shape index (κ2) is 11.7. The normalized spacial score (nSPS) is 17.9. The number of carbonyl (C=O) groups is 3. The first-order valence-corrected chi connectivity index (χ1v) is 12.0. The van der Waals surface area contributed by atoms with Crippen molar-refractivity contribution in [2.45, 2.75) is 65.6 Å². The molecule has 0 aromatic heterocycles. The number of rotatable bonds is 8. The maximum Gasteiger partial charge on any atom is 0.260 e. The van der Waals surface area contributed by atoms with Crippen molar-refractivity contribution in [3.05, 3.63) is 59.7 Å². The molecular weight excluding hydrogens is 430 g/mol. The van der Waals surface area contributed by atoms with Crippen molar-refractivity contribution in [2.24, 2.45) is 5.92 Å². The smallest absolute Gasteiger partial charge is 0.260 e. The number of nitrogens with zero attached hydrogens (tertiary/aromatic N) is 1. The number of anilines is 1. The summed E-state index contributed by atoms with van der Waals surface area (Å²) >= 11 is 0. The van der Waals surface area contributed by atoms with Crippen molar-refractivity contribution in [2.75, 3.05) is 11.9 Å². The molecule has 0 saturated carbocycles. The Labute approximate surface area is 201 Å². The molecule has 0 radical (unpaired) electrons. The van der Waals surface area contributed by atoms with Crippen molar-refractivity contribution in [1.82, 2.24) is 10.2 Å². The van der Waals surface area contributed by atoms with Crippen LogP contribution >= 0.6 is 0 Å². The Morgan fingerprint density at radius 3 is 2.18 bits per heavy atom. The van der Waals surface area contributed by atoms with Crippen molar-refractivity contribution >= 4 is 23.4 Å². The highest BCUT2D eigenvalue weighted by molar-refractivity contribution is 5.94. The Morgan fingerprint density at radius 2 is 1.59 bits per heavy atom.